The maximum atomic E-state index is 9.79. The van der Waals surface area contributed by atoms with E-state index in [0.29, 0.717) is 24.5 Å². The van der Waals surface area contributed by atoms with E-state index in [1.807, 2.05) is 4.90 Å². The standard InChI is InChI=1S/C8H16N2O2S/c9-7(13)4-10-3-1-2-8(12,5-10)6-11/h11-12H,1-6H2,(H2,9,13). The van der Waals surface area contributed by atoms with Crippen LogP contribution in [0.15, 0.2) is 0 Å². The lowest BCUT2D eigenvalue weighted by atomic mass is 9.94. The van der Waals surface area contributed by atoms with Crippen LogP contribution in [-0.4, -0.2) is 51.9 Å². The third kappa shape index (κ3) is 3.19. The zero-order valence-corrected chi connectivity index (χ0v) is 8.39. The molecule has 0 radical (unpaired) electrons. The lowest BCUT2D eigenvalue weighted by Gasteiger charge is -2.37. The summed E-state index contributed by atoms with van der Waals surface area (Å²) in [6.07, 6.45) is 1.52. The van der Waals surface area contributed by atoms with E-state index in [2.05, 4.69) is 0 Å². The van der Waals surface area contributed by atoms with E-state index < -0.39 is 5.60 Å². The molecule has 0 saturated carbocycles. The van der Waals surface area contributed by atoms with E-state index >= 15 is 0 Å². The molecule has 0 aliphatic carbocycles. The third-order valence-electron chi connectivity index (χ3n) is 2.31. The Hall–Kier alpha value is -0.230. The number of aliphatic hydroxyl groups is 2. The van der Waals surface area contributed by atoms with Gasteiger partial charge < -0.3 is 15.9 Å². The zero-order valence-electron chi connectivity index (χ0n) is 7.57. The molecule has 1 heterocycles. The minimum Gasteiger partial charge on any atom is -0.393 e. The number of aliphatic hydroxyl groups excluding tert-OH is 1. The van der Waals surface area contributed by atoms with Crippen molar-refractivity contribution in [3.8, 4) is 0 Å². The highest BCUT2D eigenvalue weighted by Gasteiger charge is 2.32. The summed E-state index contributed by atoms with van der Waals surface area (Å²) >= 11 is 4.78. The van der Waals surface area contributed by atoms with Crippen molar-refractivity contribution in [3.05, 3.63) is 0 Å². The largest absolute Gasteiger partial charge is 0.393 e. The molecule has 0 bridgehead atoms. The second kappa shape index (κ2) is 4.32. The van der Waals surface area contributed by atoms with Crippen LogP contribution < -0.4 is 5.73 Å². The molecule has 1 unspecified atom stereocenters. The minimum absolute atomic E-state index is 0.194. The molecule has 1 atom stereocenters. The fourth-order valence-corrected chi connectivity index (χ4v) is 1.87. The van der Waals surface area contributed by atoms with Crippen LogP contribution in [0.2, 0.25) is 0 Å². The number of nitrogens with zero attached hydrogens (tertiary/aromatic N) is 1. The quantitative estimate of drug-likeness (QED) is 0.519. The maximum Gasteiger partial charge on any atom is 0.100 e. The van der Waals surface area contributed by atoms with Gasteiger partial charge in [0.15, 0.2) is 0 Å². The molecule has 1 saturated heterocycles. The highest BCUT2D eigenvalue weighted by atomic mass is 32.1. The molecule has 0 aromatic heterocycles. The summed E-state index contributed by atoms with van der Waals surface area (Å²) in [5.74, 6) is 0. The van der Waals surface area contributed by atoms with Crippen molar-refractivity contribution in [1.82, 2.24) is 4.90 Å². The van der Waals surface area contributed by atoms with Crippen molar-refractivity contribution in [1.29, 1.82) is 0 Å². The van der Waals surface area contributed by atoms with Crippen LogP contribution in [0.1, 0.15) is 12.8 Å². The van der Waals surface area contributed by atoms with Gasteiger partial charge in [-0.1, -0.05) is 12.2 Å². The fourth-order valence-electron chi connectivity index (χ4n) is 1.69. The summed E-state index contributed by atoms with van der Waals surface area (Å²) < 4.78 is 0. The maximum absolute atomic E-state index is 9.79. The van der Waals surface area contributed by atoms with Gasteiger partial charge in [0.2, 0.25) is 0 Å². The van der Waals surface area contributed by atoms with Crippen LogP contribution in [0, 0.1) is 0 Å². The molecule has 1 fully saturated rings. The Morgan fingerprint density at radius 3 is 2.85 bits per heavy atom. The molecule has 1 aliphatic rings. The van der Waals surface area contributed by atoms with Crippen LogP contribution in [-0.2, 0) is 0 Å². The van der Waals surface area contributed by atoms with Crippen molar-refractivity contribution < 1.29 is 10.2 Å². The summed E-state index contributed by atoms with van der Waals surface area (Å²) in [5.41, 5.74) is 4.44. The van der Waals surface area contributed by atoms with Gasteiger partial charge in [-0.15, -0.1) is 0 Å². The smallest absolute Gasteiger partial charge is 0.100 e. The molecule has 4 nitrogen and oxygen atoms in total. The summed E-state index contributed by atoms with van der Waals surface area (Å²) in [5, 5.41) is 18.7. The molecule has 5 heteroatoms. The Kier molecular flexibility index (Phi) is 3.61. The number of likely N-dealkylation sites (tertiary alicyclic amines) is 1. The first-order chi connectivity index (χ1) is 6.06. The molecule has 1 aliphatic heterocycles. The van der Waals surface area contributed by atoms with E-state index in [9.17, 15) is 5.11 Å². The second-order valence-corrected chi connectivity index (χ2v) is 4.19. The topological polar surface area (TPSA) is 69.7 Å². The predicted octanol–water partition coefficient (Wildman–Crippen LogP) is -0.908. The van der Waals surface area contributed by atoms with Gasteiger partial charge >= 0.3 is 0 Å². The Labute approximate surface area is 83.3 Å². The first-order valence-corrected chi connectivity index (χ1v) is 4.80. The van der Waals surface area contributed by atoms with Crippen LogP contribution in [0.3, 0.4) is 0 Å². The van der Waals surface area contributed by atoms with Crippen LogP contribution in [0.25, 0.3) is 0 Å². The number of piperidine rings is 1. The molecule has 0 aromatic carbocycles. The van der Waals surface area contributed by atoms with E-state index in [0.717, 1.165) is 13.0 Å². The number of nitrogens with two attached hydrogens (primary N) is 1. The average Bonchev–Trinajstić information content (AvgIpc) is 2.03. The molecule has 0 aromatic rings. The van der Waals surface area contributed by atoms with E-state index in [1.54, 1.807) is 0 Å². The summed E-state index contributed by atoms with van der Waals surface area (Å²) in [6.45, 7) is 1.68. The molecular formula is C8H16N2O2S. The predicted molar refractivity (Wildman–Crippen MR) is 54.5 cm³/mol. The van der Waals surface area contributed by atoms with Crippen molar-refractivity contribution >= 4 is 17.2 Å². The molecular weight excluding hydrogens is 188 g/mol. The van der Waals surface area contributed by atoms with E-state index in [1.165, 1.54) is 0 Å². The van der Waals surface area contributed by atoms with E-state index in [4.69, 9.17) is 23.1 Å². The van der Waals surface area contributed by atoms with Crippen molar-refractivity contribution in [2.24, 2.45) is 5.73 Å². The molecule has 76 valence electrons. The Morgan fingerprint density at radius 2 is 2.31 bits per heavy atom. The third-order valence-corrected chi connectivity index (χ3v) is 2.44. The number of hydrogen-bond donors (Lipinski definition) is 3. The monoisotopic (exact) mass is 204 g/mol. The Morgan fingerprint density at radius 1 is 1.62 bits per heavy atom. The van der Waals surface area contributed by atoms with Gasteiger partial charge in [-0.05, 0) is 19.4 Å². The summed E-state index contributed by atoms with van der Waals surface area (Å²) in [7, 11) is 0. The van der Waals surface area contributed by atoms with Gasteiger partial charge in [-0.3, -0.25) is 4.90 Å². The first-order valence-electron chi connectivity index (χ1n) is 4.40. The molecule has 13 heavy (non-hydrogen) atoms. The van der Waals surface area contributed by atoms with Gasteiger partial charge in [0.25, 0.3) is 0 Å². The average molecular weight is 204 g/mol. The molecule has 4 N–H and O–H groups in total. The molecule has 1 rings (SSSR count). The van der Waals surface area contributed by atoms with Crippen LogP contribution in [0.4, 0.5) is 0 Å². The second-order valence-electron chi connectivity index (χ2n) is 3.66. The number of thiocarbonyl (C=S) groups is 1. The van der Waals surface area contributed by atoms with Gasteiger partial charge in [0, 0.05) is 13.1 Å². The SMILES string of the molecule is NC(=S)CN1CCCC(O)(CO)C1. The minimum atomic E-state index is -0.955. The lowest BCUT2D eigenvalue weighted by Crippen LogP contribution is -2.52. The zero-order chi connectivity index (χ0) is 9.90. The first kappa shape index (κ1) is 10.8. The van der Waals surface area contributed by atoms with Gasteiger partial charge in [0.1, 0.15) is 5.60 Å². The summed E-state index contributed by atoms with van der Waals surface area (Å²) in [4.78, 5) is 2.41. The lowest BCUT2D eigenvalue weighted by molar-refractivity contribution is -0.0634. The highest BCUT2D eigenvalue weighted by molar-refractivity contribution is 7.80. The fraction of sp³-hybridized carbons (Fsp3) is 0.875. The van der Waals surface area contributed by atoms with Gasteiger partial charge in [0.05, 0.1) is 11.6 Å². The highest BCUT2D eigenvalue weighted by Crippen LogP contribution is 2.19. The normalized spacial score (nSPS) is 30.3. The van der Waals surface area contributed by atoms with Crippen molar-refractivity contribution in [2.45, 2.75) is 18.4 Å². The van der Waals surface area contributed by atoms with Gasteiger partial charge in [-0.2, -0.15) is 0 Å². The van der Waals surface area contributed by atoms with Gasteiger partial charge in [-0.25, -0.2) is 0 Å². The van der Waals surface area contributed by atoms with Crippen LogP contribution >= 0.6 is 12.2 Å². The number of rotatable bonds is 3. The molecule has 0 amide bonds. The van der Waals surface area contributed by atoms with E-state index in [-0.39, 0.29) is 6.61 Å². The Bertz CT molecular complexity index is 201. The van der Waals surface area contributed by atoms with Crippen LogP contribution in [0.5, 0.6) is 0 Å². The Balaban J connectivity index is 2.46. The van der Waals surface area contributed by atoms with Crippen molar-refractivity contribution in [2.75, 3.05) is 26.2 Å². The number of β-amino-alcohol motifs (C(OH)–C–C–N with tert-alkyl or cyclic N) is 1. The van der Waals surface area contributed by atoms with Crippen molar-refractivity contribution in [3.63, 3.8) is 0 Å². The summed E-state index contributed by atoms with van der Waals surface area (Å²) in [6, 6.07) is 0. The number of hydrogen-bond acceptors (Lipinski definition) is 4. The molecule has 0 spiro atoms.